The first-order valence-electron chi connectivity index (χ1n) is 8.57. The van der Waals surface area contributed by atoms with Crippen molar-refractivity contribution in [3.05, 3.63) is 98.3 Å². The predicted molar refractivity (Wildman–Crippen MR) is 121 cm³/mol. The van der Waals surface area contributed by atoms with Crippen molar-refractivity contribution >= 4 is 29.2 Å². The van der Waals surface area contributed by atoms with Gasteiger partial charge in [-0.05, 0) is 5.92 Å². The summed E-state index contributed by atoms with van der Waals surface area (Å²) in [5.74, 6) is 0.616. The van der Waals surface area contributed by atoms with Gasteiger partial charge in [0.25, 0.3) is 0 Å². The predicted octanol–water partition coefficient (Wildman–Crippen LogP) is 7.37. The molecule has 0 saturated carbocycles. The van der Waals surface area contributed by atoms with Crippen molar-refractivity contribution in [3.63, 3.8) is 0 Å². The number of benzene rings is 2. The van der Waals surface area contributed by atoms with E-state index in [1.165, 1.54) is 38.2 Å². The molecule has 4 aromatic carbocycles. The Morgan fingerprint density at radius 2 is 1.33 bits per heavy atom. The fraction of sp³-hybridized carbons (Fsp3) is 0.200. The average Bonchev–Trinajstić information content (AvgIpc) is 3.17. The van der Waals surface area contributed by atoms with Crippen LogP contribution in [0.15, 0.2) is 66.7 Å². The number of rotatable bonds is 1. The minimum atomic E-state index is 0. The Balaban J connectivity index is 0.000000439. The molecule has 0 fully saturated rings. The first-order valence-corrected chi connectivity index (χ1v) is 11.4. The Morgan fingerprint density at radius 3 is 1.96 bits per heavy atom. The van der Waals surface area contributed by atoms with Crippen molar-refractivity contribution < 1.29 is 19.2 Å². The molecule has 0 saturated heterocycles. The molecule has 4 aromatic rings. The summed E-state index contributed by atoms with van der Waals surface area (Å²) in [6.07, 6.45) is 0. The monoisotopic (exact) mass is 406 g/mol. The summed E-state index contributed by atoms with van der Waals surface area (Å²) in [7, 11) is 2.97. The molecule has 0 spiro atoms. The van der Waals surface area contributed by atoms with E-state index in [9.17, 15) is 0 Å². The molecule has 2 radical (unpaired) electrons. The third-order valence-corrected chi connectivity index (χ3v) is 4.31. The van der Waals surface area contributed by atoms with E-state index in [4.69, 9.17) is 0 Å². The molecular weight excluding hydrogens is 376 g/mol. The van der Waals surface area contributed by atoms with Crippen LogP contribution in [0.3, 0.4) is 0 Å². The molecule has 0 aliphatic carbocycles. The van der Waals surface area contributed by atoms with Crippen molar-refractivity contribution in [1.29, 1.82) is 0 Å². The molecule has 27 heavy (non-hydrogen) atoms. The topological polar surface area (TPSA) is 0 Å². The van der Waals surface area contributed by atoms with Gasteiger partial charge in [0, 0.05) is 0 Å². The summed E-state index contributed by atoms with van der Waals surface area (Å²) in [6.45, 7) is 8.78. The summed E-state index contributed by atoms with van der Waals surface area (Å²) >= 11 is 1.81. The molecule has 0 amide bonds. The van der Waals surface area contributed by atoms with Crippen LogP contribution in [0.2, 0.25) is 0 Å². The zero-order valence-corrected chi connectivity index (χ0v) is 20.0. The summed E-state index contributed by atoms with van der Waals surface area (Å²) in [5, 5.41) is 5.50. The Morgan fingerprint density at radius 1 is 0.778 bits per heavy atom. The number of fused-ring (bicyclic) bond motifs is 2. The van der Waals surface area contributed by atoms with Crippen LogP contribution in [-0.2, 0) is 19.2 Å². The number of aryl methyl sites for hydroxylation is 2. The molecule has 2 heteroatoms. The fourth-order valence-electron chi connectivity index (χ4n) is 3.22. The number of hydrogen-bond acceptors (Lipinski definition) is 0. The van der Waals surface area contributed by atoms with E-state index < -0.39 is 0 Å². The molecule has 0 nitrogen and oxygen atoms in total. The molecule has 0 N–H and O–H groups in total. The van der Waals surface area contributed by atoms with E-state index in [1.807, 2.05) is 0 Å². The van der Waals surface area contributed by atoms with E-state index in [-0.39, 0.29) is 14.9 Å². The van der Waals surface area contributed by atoms with Crippen LogP contribution in [0, 0.1) is 28.7 Å². The van der Waals surface area contributed by atoms with Gasteiger partial charge in [-0.2, -0.15) is 12.1 Å². The Hall–Kier alpha value is -1.41. The maximum atomic E-state index is 2.97. The first-order chi connectivity index (χ1) is 12.0. The SMILES string of the molecule is Cc1cc2c(C(C)C)cccc2[cH-]1.Cc1cc2ccccc2[cH-]1.[CH3-].[CH3-].[Si]=[Ti]. The fourth-order valence-corrected chi connectivity index (χ4v) is 3.22. The van der Waals surface area contributed by atoms with Crippen LogP contribution in [0.25, 0.3) is 21.5 Å². The second kappa shape index (κ2) is 12.1. The van der Waals surface area contributed by atoms with Crippen molar-refractivity contribution in [2.45, 2.75) is 33.6 Å². The van der Waals surface area contributed by atoms with Crippen LogP contribution in [0.1, 0.15) is 36.5 Å². The summed E-state index contributed by atoms with van der Waals surface area (Å²) in [5.41, 5.74) is 4.18. The van der Waals surface area contributed by atoms with Gasteiger partial charge in [0.15, 0.2) is 0 Å². The van der Waals surface area contributed by atoms with Gasteiger partial charge < -0.3 is 14.9 Å². The molecule has 0 aromatic heterocycles. The van der Waals surface area contributed by atoms with Gasteiger partial charge >= 0.3 is 26.8 Å². The first kappa shape index (κ1) is 25.6. The summed E-state index contributed by atoms with van der Waals surface area (Å²) < 4.78 is 0. The van der Waals surface area contributed by atoms with Gasteiger partial charge in [-0.3, -0.25) is 0 Å². The van der Waals surface area contributed by atoms with E-state index in [0.29, 0.717) is 5.92 Å². The van der Waals surface area contributed by atoms with E-state index in [1.54, 1.807) is 19.2 Å². The summed E-state index contributed by atoms with van der Waals surface area (Å²) in [4.78, 5) is 0. The molecule has 4 rings (SSSR count). The van der Waals surface area contributed by atoms with Crippen LogP contribution >= 0.6 is 0 Å². The van der Waals surface area contributed by atoms with E-state index in [0.717, 1.165) is 0 Å². The van der Waals surface area contributed by atoms with Crippen molar-refractivity contribution in [3.8, 4) is 0 Å². The Labute approximate surface area is 179 Å². The van der Waals surface area contributed by atoms with Gasteiger partial charge in [-0.1, -0.05) is 45.4 Å². The van der Waals surface area contributed by atoms with Crippen LogP contribution in [0.4, 0.5) is 0 Å². The Bertz CT molecular complexity index is 910. The van der Waals surface area contributed by atoms with Gasteiger partial charge in [0.1, 0.15) is 0 Å². The molecule has 0 unspecified atom stereocenters. The second-order valence-electron chi connectivity index (χ2n) is 6.70. The zero-order valence-electron chi connectivity index (χ0n) is 17.4. The van der Waals surface area contributed by atoms with Crippen molar-refractivity contribution in [2.75, 3.05) is 0 Å². The third kappa shape index (κ3) is 6.60. The van der Waals surface area contributed by atoms with Gasteiger partial charge in [-0.15, -0.1) is 75.1 Å². The molecule has 0 atom stereocenters. The van der Waals surface area contributed by atoms with E-state index in [2.05, 4.69) is 102 Å². The molecule has 142 valence electrons. The van der Waals surface area contributed by atoms with Gasteiger partial charge in [0.05, 0.1) is 0 Å². The minimum absolute atomic E-state index is 0. The normalized spacial score (nSPS) is 9.48. The summed E-state index contributed by atoms with van der Waals surface area (Å²) in [6, 6.07) is 23.9. The van der Waals surface area contributed by atoms with Gasteiger partial charge in [0.2, 0.25) is 0 Å². The molecule has 0 aliphatic heterocycles. The maximum absolute atomic E-state index is 2.97. The molecule has 0 heterocycles. The number of hydrogen-bond donors (Lipinski definition) is 0. The molecule has 0 aliphatic rings. The second-order valence-corrected chi connectivity index (χ2v) is 6.70. The van der Waals surface area contributed by atoms with Crippen LogP contribution in [-0.4, -0.2) is 7.63 Å². The van der Waals surface area contributed by atoms with Crippen LogP contribution in [0.5, 0.6) is 0 Å². The average molecular weight is 406 g/mol. The molecule has 0 bridgehead atoms. The Kier molecular flexibility index (Phi) is 11.5. The standard InChI is InChI=1S/C13H15.C10H9.2CH3.Si.Ti/c1-9(2)12-6-4-5-11-7-10(3)8-13(11)12;1-8-6-9-4-2-3-5-10(9)7-8;;;;/h4-9H,1-3H3;2-7H,1H3;2*1H3;;/q4*-1;;. The van der Waals surface area contributed by atoms with Crippen molar-refractivity contribution in [2.24, 2.45) is 0 Å². The van der Waals surface area contributed by atoms with Crippen molar-refractivity contribution in [1.82, 2.24) is 0 Å². The third-order valence-electron chi connectivity index (χ3n) is 4.31. The molecular formula is C25H30SiTi-4. The zero-order chi connectivity index (χ0) is 18.4. The van der Waals surface area contributed by atoms with E-state index >= 15 is 0 Å². The van der Waals surface area contributed by atoms with Gasteiger partial charge in [-0.25, -0.2) is 0 Å². The quantitative estimate of drug-likeness (QED) is 0.229. The van der Waals surface area contributed by atoms with Crippen LogP contribution < -0.4 is 0 Å².